The van der Waals surface area contributed by atoms with E-state index in [1.165, 1.54) is 27.8 Å². The summed E-state index contributed by atoms with van der Waals surface area (Å²) in [5.74, 6) is 0.523. The van der Waals surface area contributed by atoms with E-state index in [9.17, 15) is 17.6 Å². The summed E-state index contributed by atoms with van der Waals surface area (Å²) in [6, 6.07) is 10.9. The van der Waals surface area contributed by atoms with Gasteiger partial charge in [-0.15, -0.1) is 11.3 Å². The fraction of sp³-hybridized carbons (Fsp3) is 0.370. The average Bonchev–Trinajstić information content (AvgIpc) is 3.32. The number of hydrogen-bond donors (Lipinski definition) is 0. The second-order valence-corrected chi connectivity index (χ2v) is 13.0. The lowest BCUT2D eigenvalue weighted by molar-refractivity contribution is 0.246. The highest BCUT2D eigenvalue weighted by atomic mass is 32.2. The number of nitrogens with zero attached hydrogens (tertiary/aromatic N) is 6. The van der Waals surface area contributed by atoms with Crippen LogP contribution < -0.4 is 10.5 Å². The van der Waals surface area contributed by atoms with Crippen LogP contribution in [0.5, 0.6) is 0 Å². The molecule has 4 aromatic rings. The number of hydrogen-bond acceptors (Lipinski definition) is 8. The third kappa shape index (κ3) is 5.09. The maximum Gasteiger partial charge on any atom is 0.262 e. The van der Waals surface area contributed by atoms with Crippen LogP contribution >= 0.6 is 11.3 Å². The van der Waals surface area contributed by atoms with Crippen molar-refractivity contribution >= 4 is 37.4 Å². The molecule has 0 aliphatic carbocycles. The van der Waals surface area contributed by atoms with E-state index in [4.69, 9.17) is 0 Å². The van der Waals surface area contributed by atoms with Gasteiger partial charge in [-0.2, -0.15) is 4.31 Å². The van der Waals surface area contributed by atoms with Gasteiger partial charge in [-0.05, 0) is 55.3 Å². The number of halogens is 1. The van der Waals surface area contributed by atoms with Crippen LogP contribution in [0.4, 0.5) is 10.2 Å². The van der Waals surface area contributed by atoms with E-state index < -0.39 is 15.8 Å². The van der Waals surface area contributed by atoms with E-state index in [-0.39, 0.29) is 23.5 Å². The predicted octanol–water partition coefficient (Wildman–Crippen LogP) is 2.87. The Morgan fingerprint density at radius 3 is 2.51 bits per heavy atom. The number of thiophene rings is 1. The van der Waals surface area contributed by atoms with Crippen LogP contribution in [0.2, 0.25) is 0 Å². The van der Waals surface area contributed by atoms with Crippen molar-refractivity contribution in [1.29, 1.82) is 0 Å². The first-order chi connectivity index (χ1) is 18.8. The molecule has 5 heterocycles. The van der Waals surface area contributed by atoms with Gasteiger partial charge in [-0.1, -0.05) is 6.07 Å². The van der Waals surface area contributed by atoms with Gasteiger partial charge in [0.2, 0.25) is 10.0 Å². The number of aryl methyl sites for hydroxylation is 1. The Morgan fingerprint density at radius 2 is 1.77 bits per heavy atom. The van der Waals surface area contributed by atoms with E-state index in [1.807, 2.05) is 25.1 Å². The van der Waals surface area contributed by atoms with Crippen molar-refractivity contribution in [2.45, 2.75) is 31.3 Å². The maximum absolute atomic E-state index is 13.5. The van der Waals surface area contributed by atoms with E-state index >= 15 is 0 Å². The smallest absolute Gasteiger partial charge is 0.262 e. The molecule has 6 rings (SSSR count). The summed E-state index contributed by atoms with van der Waals surface area (Å²) in [5.41, 5.74) is 1.83. The zero-order valence-electron chi connectivity index (χ0n) is 21.6. The predicted molar refractivity (Wildman–Crippen MR) is 149 cm³/mol. The number of fused-ring (bicyclic) bond motifs is 3. The summed E-state index contributed by atoms with van der Waals surface area (Å²) < 4.78 is 42.6. The first-order valence-corrected chi connectivity index (χ1v) is 15.2. The van der Waals surface area contributed by atoms with Gasteiger partial charge in [-0.3, -0.25) is 14.3 Å². The molecule has 0 spiro atoms. The molecule has 1 aromatic carbocycles. The van der Waals surface area contributed by atoms with Crippen LogP contribution in [0.1, 0.15) is 16.1 Å². The minimum Gasteiger partial charge on any atom is -0.354 e. The fourth-order valence-corrected chi connectivity index (χ4v) is 7.95. The van der Waals surface area contributed by atoms with Gasteiger partial charge in [0.1, 0.15) is 16.5 Å². The molecular formula is C27H29FN6O3S2. The highest BCUT2D eigenvalue weighted by molar-refractivity contribution is 7.89. The van der Waals surface area contributed by atoms with E-state index in [0.29, 0.717) is 23.2 Å². The van der Waals surface area contributed by atoms with Gasteiger partial charge >= 0.3 is 0 Å². The lowest BCUT2D eigenvalue weighted by Gasteiger charge is -2.35. The lowest BCUT2D eigenvalue weighted by atomic mass is 10.1. The van der Waals surface area contributed by atoms with Gasteiger partial charge in [0.05, 0.1) is 16.6 Å². The fourth-order valence-electron chi connectivity index (χ4n) is 5.27. The van der Waals surface area contributed by atoms with Crippen LogP contribution in [0, 0.1) is 12.7 Å². The molecular weight excluding hydrogens is 539 g/mol. The minimum absolute atomic E-state index is 0.0601. The number of aromatic nitrogens is 3. The molecule has 0 bridgehead atoms. The largest absolute Gasteiger partial charge is 0.354 e. The van der Waals surface area contributed by atoms with Crippen LogP contribution in [0.15, 0.2) is 58.5 Å². The topological polar surface area (TPSA) is 91.6 Å². The first-order valence-electron chi connectivity index (χ1n) is 13.0. The molecule has 0 unspecified atom stereocenters. The molecule has 12 heteroatoms. The zero-order valence-corrected chi connectivity index (χ0v) is 23.2. The average molecular weight is 569 g/mol. The highest BCUT2D eigenvalue weighted by Gasteiger charge is 2.31. The van der Waals surface area contributed by atoms with Crippen LogP contribution in [-0.4, -0.2) is 71.4 Å². The molecule has 0 amide bonds. The molecule has 0 N–H and O–H groups in total. The molecule has 1 fully saturated rings. The summed E-state index contributed by atoms with van der Waals surface area (Å²) in [4.78, 5) is 28.8. The van der Waals surface area contributed by atoms with Crippen molar-refractivity contribution in [3.8, 4) is 0 Å². The van der Waals surface area contributed by atoms with Gasteiger partial charge < -0.3 is 4.90 Å². The Labute approximate surface area is 230 Å². The molecule has 0 radical (unpaired) electrons. The van der Waals surface area contributed by atoms with Crippen molar-refractivity contribution in [1.82, 2.24) is 23.7 Å². The van der Waals surface area contributed by atoms with Crippen LogP contribution in [-0.2, 0) is 29.5 Å². The summed E-state index contributed by atoms with van der Waals surface area (Å²) in [6.07, 6.45) is 2.04. The summed E-state index contributed by atoms with van der Waals surface area (Å²) in [6.45, 7) is 7.29. The molecule has 1 saturated heterocycles. The monoisotopic (exact) mass is 568 g/mol. The Bertz CT molecular complexity index is 1680. The Morgan fingerprint density at radius 1 is 1.00 bits per heavy atom. The first kappa shape index (κ1) is 26.1. The standard InChI is InChI=1S/C27H29FN6O3S2/c1-19-3-2-4-24(30-19)32-14-11-31(12-15-32)13-16-33-18-29-26-25(27(33)35)22-9-10-34(17-23(22)38-26)39(36,37)21-7-5-20(28)6-8-21/h2-8,18H,9-17H2,1H3. The maximum atomic E-state index is 13.5. The van der Waals surface area contributed by atoms with E-state index in [2.05, 4.69) is 19.8 Å². The second-order valence-electron chi connectivity index (χ2n) is 9.94. The number of anilines is 1. The molecule has 0 saturated carbocycles. The molecule has 2 aliphatic rings. The van der Waals surface area contributed by atoms with Crippen LogP contribution in [0.25, 0.3) is 10.2 Å². The van der Waals surface area contributed by atoms with Crippen molar-refractivity contribution in [3.63, 3.8) is 0 Å². The molecule has 204 valence electrons. The highest BCUT2D eigenvalue weighted by Crippen LogP contribution is 2.34. The Kier molecular flexibility index (Phi) is 6.96. The number of benzene rings is 1. The number of sulfonamides is 1. The Balaban J connectivity index is 1.14. The number of pyridine rings is 1. The molecule has 2 aliphatic heterocycles. The van der Waals surface area contributed by atoms with E-state index in [1.54, 1.807) is 10.9 Å². The van der Waals surface area contributed by atoms with Gasteiger partial charge in [0.15, 0.2) is 0 Å². The van der Waals surface area contributed by atoms with Gasteiger partial charge in [0.25, 0.3) is 5.56 Å². The number of piperazine rings is 1. The minimum atomic E-state index is -3.77. The summed E-state index contributed by atoms with van der Waals surface area (Å²) in [7, 11) is -3.77. The van der Waals surface area contributed by atoms with Crippen molar-refractivity contribution in [2.75, 3.05) is 44.2 Å². The molecule has 39 heavy (non-hydrogen) atoms. The van der Waals surface area contributed by atoms with Crippen LogP contribution in [0.3, 0.4) is 0 Å². The second kappa shape index (κ2) is 10.4. The Hall–Kier alpha value is -3.19. The summed E-state index contributed by atoms with van der Waals surface area (Å²) in [5, 5.41) is 0.603. The van der Waals surface area contributed by atoms with Gasteiger partial charge in [0, 0.05) is 62.9 Å². The third-order valence-corrected chi connectivity index (χ3v) is 10.5. The molecule has 9 nitrogen and oxygen atoms in total. The normalized spacial score (nSPS) is 17.0. The lowest BCUT2D eigenvalue weighted by Crippen LogP contribution is -2.47. The SMILES string of the molecule is Cc1cccc(N2CCN(CCn3cnc4sc5c(c4c3=O)CCN(S(=O)(=O)c3ccc(F)cc3)C5)CC2)n1. The quantitative estimate of drug-likeness (QED) is 0.353. The third-order valence-electron chi connectivity index (χ3n) is 7.47. The van der Waals surface area contributed by atoms with Crippen molar-refractivity contribution in [3.05, 3.63) is 81.1 Å². The number of rotatable bonds is 6. The van der Waals surface area contributed by atoms with E-state index in [0.717, 1.165) is 66.8 Å². The van der Waals surface area contributed by atoms with Crippen molar-refractivity contribution in [2.24, 2.45) is 0 Å². The van der Waals surface area contributed by atoms with Crippen molar-refractivity contribution < 1.29 is 12.8 Å². The molecule has 3 aromatic heterocycles. The zero-order chi connectivity index (χ0) is 27.1. The summed E-state index contributed by atoms with van der Waals surface area (Å²) >= 11 is 1.37. The molecule has 0 atom stereocenters. The van der Waals surface area contributed by atoms with Gasteiger partial charge in [-0.25, -0.2) is 22.8 Å².